The fraction of sp³-hybridized carbons (Fsp3) is 0.565. The van der Waals surface area contributed by atoms with Crippen molar-refractivity contribution in [3.63, 3.8) is 0 Å². The fourth-order valence-electron chi connectivity index (χ4n) is 4.79. The maximum atomic E-state index is 12.4. The van der Waals surface area contributed by atoms with Crippen LogP contribution in [-0.2, 0) is 16.0 Å². The van der Waals surface area contributed by atoms with Crippen molar-refractivity contribution in [2.75, 3.05) is 37.8 Å². The molecule has 1 aromatic heterocycles. The van der Waals surface area contributed by atoms with Crippen molar-refractivity contribution >= 4 is 11.6 Å². The topological polar surface area (TPSA) is 68.6 Å². The smallest absolute Gasteiger partial charge is 0.224 e. The third kappa shape index (κ3) is 3.50. The summed E-state index contributed by atoms with van der Waals surface area (Å²) < 4.78 is 13.8. The summed E-state index contributed by atoms with van der Waals surface area (Å²) in [7, 11) is 0. The van der Waals surface area contributed by atoms with Crippen LogP contribution in [0.4, 0.5) is 5.69 Å². The number of nitrogens with zero attached hydrogens (tertiary/aromatic N) is 3. The van der Waals surface area contributed by atoms with Gasteiger partial charge in [-0.1, -0.05) is 0 Å². The fourth-order valence-corrected chi connectivity index (χ4v) is 4.79. The van der Waals surface area contributed by atoms with Crippen molar-refractivity contribution < 1.29 is 14.3 Å². The number of carbonyl (C=O) groups excluding carboxylic acids is 1. The highest BCUT2D eigenvalue weighted by molar-refractivity contribution is 5.95. The third-order valence-electron chi connectivity index (χ3n) is 6.62. The van der Waals surface area contributed by atoms with Gasteiger partial charge < -0.3 is 19.7 Å². The van der Waals surface area contributed by atoms with Gasteiger partial charge in [0.1, 0.15) is 5.75 Å². The zero-order valence-corrected chi connectivity index (χ0v) is 17.8. The molecular formula is C23H30N4O3. The van der Waals surface area contributed by atoms with Gasteiger partial charge in [0.05, 0.1) is 37.7 Å². The summed E-state index contributed by atoms with van der Waals surface area (Å²) in [4.78, 5) is 14.3. The Kier molecular flexibility index (Phi) is 5.25. The number of ether oxygens (including phenoxy) is 2. The summed E-state index contributed by atoms with van der Waals surface area (Å²) in [6, 6.07) is 4.69. The SMILES string of the molecule is CC(=O)N1c2ccc(-c3cnn(C4COC4)c3)c(OC[C@H]3CCNC3)c2CC[C@@H]1C. The summed E-state index contributed by atoms with van der Waals surface area (Å²) >= 11 is 0. The molecule has 2 saturated heterocycles. The molecule has 0 radical (unpaired) electrons. The molecule has 3 aliphatic rings. The summed E-state index contributed by atoms with van der Waals surface area (Å²) in [5.74, 6) is 1.52. The van der Waals surface area contributed by atoms with Crippen LogP contribution in [0.15, 0.2) is 24.5 Å². The van der Waals surface area contributed by atoms with Gasteiger partial charge in [0.15, 0.2) is 0 Å². The molecule has 1 N–H and O–H groups in total. The second-order valence-electron chi connectivity index (χ2n) is 8.79. The van der Waals surface area contributed by atoms with E-state index in [1.807, 2.05) is 15.8 Å². The van der Waals surface area contributed by atoms with E-state index in [-0.39, 0.29) is 11.9 Å². The number of carbonyl (C=O) groups is 1. The zero-order valence-electron chi connectivity index (χ0n) is 17.8. The number of anilines is 1. The summed E-state index contributed by atoms with van der Waals surface area (Å²) in [6.45, 7) is 7.95. The van der Waals surface area contributed by atoms with Crippen LogP contribution in [0.1, 0.15) is 38.3 Å². The van der Waals surface area contributed by atoms with E-state index in [1.165, 1.54) is 0 Å². The molecule has 5 rings (SSSR count). The number of aromatic nitrogens is 2. The number of hydrogen-bond acceptors (Lipinski definition) is 5. The van der Waals surface area contributed by atoms with Crippen LogP contribution in [-0.4, -0.2) is 54.6 Å². The Hall–Kier alpha value is -2.38. The standard InChI is InChI=1S/C23H30N4O3/c1-15-3-4-21-22(27(15)16(2)28)6-5-20(23(21)30-12-17-7-8-24-9-17)18-10-25-26(11-18)19-13-29-14-19/h5-6,10-11,15,17,19,24H,3-4,7-9,12-14H2,1-2H3/t15-,17-/m0/s1. The largest absolute Gasteiger partial charge is 0.492 e. The van der Waals surface area contributed by atoms with Crippen LogP contribution in [0.3, 0.4) is 0 Å². The van der Waals surface area contributed by atoms with Crippen molar-refractivity contribution in [2.45, 2.75) is 45.2 Å². The number of benzene rings is 1. The normalized spacial score (nSPS) is 23.9. The second-order valence-corrected chi connectivity index (χ2v) is 8.79. The van der Waals surface area contributed by atoms with Crippen LogP contribution in [0.25, 0.3) is 11.1 Å². The molecule has 7 nitrogen and oxygen atoms in total. The molecular weight excluding hydrogens is 380 g/mol. The van der Waals surface area contributed by atoms with Gasteiger partial charge in [-0.3, -0.25) is 9.48 Å². The molecule has 1 amide bonds. The van der Waals surface area contributed by atoms with Gasteiger partial charge >= 0.3 is 0 Å². The Morgan fingerprint density at radius 2 is 2.20 bits per heavy atom. The first-order valence-corrected chi connectivity index (χ1v) is 11.0. The van der Waals surface area contributed by atoms with E-state index in [4.69, 9.17) is 9.47 Å². The molecule has 1 aromatic carbocycles. The molecule has 2 aromatic rings. The second kappa shape index (κ2) is 8.04. The Bertz CT molecular complexity index is 931. The van der Waals surface area contributed by atoms with Crippen LogP contribution >= 0.6 is 0 Å². The van der Waals surface area contributed by atoms with E-state index in [0.717, 1.165) is 73.7 Å². The lowest BCUT2D eigenvalue weighted by molar-refractivity contribution is -0.117. The lowest BCUT2D eigenvalue weighted by Gasteiger charge is -2.36. The minimum absolute atomic E-state index is 0.0833. The van der Waals surface area contributed by atoms with E-state index in [9.17, 15) is 4.79 Å². The average molecular weight is 411 g/mol. The molecule has 160 valence electrons. The minimum atomic E-state index is 0.0833. The molecule has 2 atom stereocenters. The highest BCUT2D eigenvalue weighted by atomic mass is 16.5. The van der Waals surface area contributed by atoms with Crippen molar-refractivity contribution in [2.24, 2.45) is 5.92 Å². The molecule has 4 heterocycles. The Balaban J connectivity index is 1.53. The molecule has 30 heavy (non-hydrogen) atoms. The van der Waals surface area contributed by atoms with Gasteiger partial charge in [0.2, 0.25) is 5.91 Å². The molecule has 7 heteroatoms. The quantitative estimate of drug-likeness (QED) is 0.821. The molecule has 0 saturated carbocycles. The van der Waals surface area contributed by atoms with Crippen molar-refractivity contribution in [3.05, 3.63) is 30.1 Å². The number of rotatable bonds is 5. The Morgan fingerprint density at radius 1 is 1.33 bits per heavy atom. The first kappa shape index (κ1) is 19.6. The van der Waals surface area contributed by atoms with Gasteiger partial charge in [-0.05, 0) is 44.9 Å². The number of nitrogens with one attached hydrogen (secondary N) is 1. The highest BCUT2D eigenvalue weighted by Gasteiger charge is 2.31. The Labute approximate surface area is 177 Å². The summed E-state index contributed by atoms with van der Waals surface area (Å²) in [6.07, 6.45) is 7.00. The van der Waals surface area contributed by atoms with E-state index < -0.39 is 0 Å². The minimum Gasteiger partial charge on any atom is -0.492 e. The lowest BCUT2D eigenvalue weighted by Crippen LogP contribution is -2.40. The number of fused-ring (bicyclic) bond motifs is 1. The van der Waals surface area contributed by atoms with E-state index in [0.29, 0.717) is 18.6 Å². The first-order valence-electron chi connectivity index (χ1n) is 11.0. The van der Waals surface area contributed by atoms with Gasteiger partial charge in [0, 0.05) is 48.3 Å². The predicted molar refractivity (Wildman–Crippen MR) is 115 cm³/mol. The molecule has 3 aliphatic heterocycles. The number of amides is 1. The van der Waals surface area contributed by atoms with Crippen LogP contribution in [0.2, 0.25) is 0 Å². The van der Waals surface area contributed by atoms with Gasteiger partial charge in [-0.15, -0.1) is 0 Å². The van der Waals surface area contributed by atoms with Crippen LogP contribution in [0, 0.1) is 5.92 Å². The predicted octanol–water partition coefficient (Wildman–Crippen LogP) is 2.80. The molecule has 0 unspecified atom stereocenters. The van der Waals surface area contributed by atoms with Gasteiger partial charge in [0.25, 0.3) is 0 Å². The van der Waals surface area contributed by atoms with Gasteiger partial charge in [-0.2, -0.15) is 5.10 Å². The van der Waals surface area contributed by atoms with Crippen molar-refractivity contribution in [3.8, 4) is 16.9 Å². The van der Waals surface area contributed by atoms with Crippen LogP contribution < -0.4 is 15.0 Å². The van der Waals surface area contributed by atoms with E-state index in [1.54, 1.807) is 6.92 Å². The highest BCUT2D eigenvalue weighted by Crippen LogP contribution is 2.43. The Morgan fingerprint density at radius 3 is 2.90 bits per heavy atom. The molecule has 0 bridgehead atoms. The van der Waals surface area contributed by atoms with Crippen LogP contribution in [0.5, 0.6) is 5.75 Å². The molecule has 0 spiro atoms. The van der Waals surface area contributed by atoms with Gasteiger partial charge in [-0.25, -0.2) is 0 Å². The maximum absolute atomic E-state index is 12.4. The monoisotopic (exact) mass is 410 g/mol. The average Bonchev–Trinajstić information content (AvgIpc) is 3.36. The van der Waals surface area contributed by atoms with E-state index in [2.05, 4.69) is 35.7 Å². The van der Waals surface area contributed by atoms with Crippen molar-refractivity contribution in [1.29, 1.82) is 0 Å². The summed E-state index contributed by atoms with van der Waals surface area (Å²) in [5, 5.41) is 7.98. The molecule has 2 fully saturated rings. The zero-order chi connectivity index (χ0) is 20.7. The van der Waals surface area contributed by atoms with Crippen molar-refractivity contribution in [1.82, 2.24) is 15.1 Å². The number of hydrogen-bond donors (Lipinski definition) is 1. The third-order valence-corrected chi connectivity index (χ3v) is 6.62. The van der Waals surface area contributed by atoms with E-state index >= 15 is 0 Å². The maximum Gasteiger partial charge on any atom is 0.224 e. The lowest BCUT2D eigenvalue weighted by atomic mass is 9.92. The summed E-state index contributed by atoms with van der Waals surface area (Å²) in [5.41, 5.74) is 4.25. The first-order chi connectivity index (χ1) is 14.6. The molecule has 0 aliphatic carbocycles.